The summed E-state index contributed by atoms with van der Waals surface area (Å²) in [5.41, 5.74) is 1.46. The molecule has 0 unspecified atom stereocenters. The molecule has 0 saturated carbocycles. The van der Waals surface area contributed by atoms with Gasteiger partial charge in [0.15, 0.2) is 0 Å². The molecule has 1 aliphatic heterocycles. The molecule has 0 bridgehead atoms. The minimum absolute atomic E-state index is 0.173. The number of benzene rings is 3. The second kappa shape index (κ2) is 9.26. The van der Waals surface area contributed by atoms with E-state index in [4.69, 9.17) is 27.9 Å². The number of carbonyl (C=O) groups excluding carboxylic acids is 3. The van der Waals surface area contributed by atoms with Gasteiger partial charge in [-0.1, -0.05) is 71.7 Å². The summed E-state index contributed by atoms with van der Waals surface area (Å²) in [5.74, 6) is -1.09. The molecular weight excluding hydrogens is 451 g/mol. The highest BCUT2D eigenvalue weighted by atomic mass is 35.5. The Morgan fingerprint density at radius 2 is 1.59 bits per heavy atom. The molecule has 3 aromatic rings. The summed E-state index contributed by atoms with van der Waals surface area (Å²) in [7, 11) is 0. The van der Waals surface area contributed by atoms with Crippen molar-refractivity contribution in [3.63, 3.8) is 0 Å². The van der Waals surface area contributed by atoms with Crippen LogP contribution in [-0.2, 0) is 16.2 Å². The minimum atomic E-state index is -0.871. The lowest BCUT2D eigenvalue weighted by Gasteiger charge is -2.26. The average Bonchev–Trinajstić information content (AvgIpc) is 2.79. The van der Waals surface area contributed by atoms with E-state index in [0.29, 0.717) is 17.9 Å². The zero-order chi connectivity index (χ0) is 22.7. The van der Waals surface area contributed by atoms with E-state index >= 15 is 0 Å². The fraction of sp³-hybridized carbons (Fsp3) is 0.0417. The minimum Gasteiger partial charge on any atom is -0.488 e. The first-order chi connectivity index (χ1) is 15.4. The zero-order valence-electron chi connectivity index (χ0n) is 16.5. The summed E-state index contributed by atoms with van der Waals surface area (Å²) in [6.45, 7) is 0.315. The molecule has 1 N–H and O–H groups in total. The van der Waals surface area contributed by atoms with Gasteiger partial charge < -0.3 is 4.74 Å². The number of ether oxygens (including phenoxy) is 1. The van der Waals surface area contributed by atoms with Gasteiger partial charge >= 0.3 is 6.03 Å². The number of nitrogens with zero attached hydrogens (tertiary/aromatic N) is 1. The molecule has 0 aromatic heterocycles. The maximum absolute atomic E-state index is 13.1. The Balaban J connectivity index is 1.65. The molecule has 0 atom stereocenters. The molecule has 3 aromatic carbocycles. The van der Waals surface area contributed by atoms with Gasteiger partial charge in [0.05, 0.1) is 15.7 Å². The lowest BCUT2D eigenvalue weighted by Crippen LogP contribution is -2.54. The largest absolute Gasteiger partial charge is 0.488 e. The Labute approximate surface area is 194 Å². The highest BCUT2D eigenvalue weighted by molar-refractivity contribution is 6.43. The van der Waals surface area contributed by atoms with Gasteiger partial charge in [-0.15, -0.1) is 0 Å². The van der Waals surface area contributed by atoms with Crippen molar-refractivity contribution in [3.8, 4) is 5.75 Å². The number of imide groups is 2. The van der Waals surface area contributed by atoms with Gasteiger partial charge in [-0.25, -0.2) is 9.69 Å². The van der Waals surface area contributed by atoms with Crippen molar-refractivity contribution in [1.29, 1.82) is 0 Å². The Hall–Kier alpha value is -3.61. The molecule has 1 saturated heterocycles. The highest BCUT2D eigenvalue weighted by Gasteiger charge is 2.37. The van der Waals surface area contributed by atoms with E-state index in [9.17, 15) is 14.4 Å². The summed E-state index contributed by atoms with van der Waals surface area (Å²) in [4.78, 5) is 38.8. The van der Waals surface area contributed by atoms with Crippen LogP contribution in [0.15, 0.2) is 78.4 Å². The molecule has 32 heavy (non-hydrogen) atoms. The molecule has 0 spiro atoms. The van der Waals surface area contributed by atoms with Crippen LogP contribution >= 0.6 is 23.2 Å². The number of urea groups is 1. The van der Waals surface area contributed by atoms with Crippen LogP contribution in [0.2, 0.25) is 10.0 Å². The monoisotopic (exact) mass is 466 g/mol. The number of rotatable bonds is 5. The van der Waals surface area contributed by atoms with Crippen molar-refractivity contribution in [2.24, 2.45) is 0 Å². The molecule has 1 aliphatic rings. The first-order valence-corrected chi connectivity index (χ1v) is 10.3. The summed E-state index contributed by atoms with van der Waals surface area (Å²) < 4.78 is 5.90. The summed E-state index contributed by atoms with van der Waals surface area (Å²) in [6.07, 6.45) is 1.40. The molecular formula is C24H16Cl2N2O4. The number of halogens is 2. The third-order valence-corrected chi connectivity index (χ3v) is 5.46. The zero-order valence-corrected chi connectivity index (χ0v) is 18.1. The molecule has 8 heteroatoms. The maximum Gasteiger partial charge on any atom is 0.335 e. The normalized spacial score (nSPS) is 15.1. The SMILES string of the molecule is O=C1NC(=O)N(c2ccc(Cl)c(Cl)c2)C(=O)/C1=C/c1ccccc1OCc1ccccc1. The van der Waals surface area contributed by atoms with Crippen molar-refractivity contribution in [3.05, 3.63) is 99.5 Å². The number of amides is 4. The number of carbonyl (C=O) groups is 3. The van der Waals surface area contributed by atoms with Crippen LogP contribution in [0.5, 0.6) is 5.75 Å². The van der Waals surface area contributed by atoms with Crippen LogP contribution in [0.25, 0.3) is 6.08 Å². The van der Waals surface area contributed by atoms with Crippen molar-refractivity contribution in [2.45, 2.75) is 6.61 Å². The van der Waals surface area contributed by atoms with Gasteiger partial charge in [0.1, 0.15) is 17.9 Å². The third kappa shape index (κ3) is 4.51. The molecule has 0 radical (unpaired) electrons. The topological polar surface area (TPSA) is 75.7 Å². The Kier molecular flexibility index (Phi) is 6.25. The predicted molar refractivity (Wildman–Crippen MR) is 123 cm³/mol. The summed E-state index contributed by atoms with van der Waals surface area (Å²) in [5, 5.41) is 2.63. The van der Waals surface area contributed by atoms with E-state index < -0.39 is 17.8 Å². The number of nitrogens with one attached hydrogen (secondary N) is 1. The maximum atomic E-state index is 13.1. The van der Waals surface area contributed by atoms with E-state index in [1.807, 2.05) is 30.3 Å². The summed E-state index contributed by atoms with van der Waals surface area (Å²) in [6, 6.07) is 20.0. The van der Waals surface area contributed by atoms with Crippen LogP contribution in [0.1, 0.15) is 11.1 Å². The number of hydrogen-bond acceptors (Lipinski definition) is 4. The molecule has 4 rings (SSSR count). The second-order valence-electron chi connectivity index (χ2n) is 6.87. The molecule has 1 fully saturated rings. The van der Waals surface area contributed by atoms with Gasteiger partial charge in [-0.2, -0.15) is 0 Å². The third-order valence-electron chi connectivity index (χ3n) is 4.72. The van der Waals surface area contributed by atoms with Gasteiger partial charge in [-0.3, -0.25) is 14.9 Å². The van der Waals surface area contributed by atoms with Crippen LogP contribution in [-0.4, -0.2) is 17.8 Å². The van der Waals surface area contributed by atoms with Crippen LogP contribution < -0.4 is 15.0 Å². The number of anilines is 1. The van der Waals surface area contributed by atoms with E-state index in [1.165, 1.54) is 24.3 Å². The lowest BCUT2D eigenvalue weighted by molar-refractivity contribution is -0.122. The second-order valence-corrected chi connectivity index (χ2v) is 7.68. The predicted octanol–water partition coefficient (Wildman–Crippen LogP) is 5.24. The van der Waals surface area contributed by atoms with Crippen LogP contribution in [0.3, 0.4) is 0 Å². The first-order valence-electron chi connectivity index (χ1n) is 9.56. The van der Waals surface area contributed by atoms with Crippen LogP contribution in [0, 0.1) is 0 Å². The van der Waals surface area contributed by atoms with Gasteiger partial charge in [0.25, 0.3) is 11.8 Å². The standard InChI is InChI=1S/C24H16Cl2N2O4/c25-19-11-10-17(13-20(19)26)28-23(30)18(22(29)27-24(28)31)12-16-8-4-5-9-21(16)32-14-15-6-2-1-3-7-15/h1-13H,14H2,(H,27,29,31)/b18-12+. The quantitative estimate of drug-likeness (QED) is 0.412. The van der Waals surface area contributed by atoms with Crippen molar-refractivity contribution in [1.82, 2.24) is 5.32 Å². The Morgan fingerprint density at radius 3 is 2.34 bits per heavy atom. The molecule has 1 heterocycles. The van der Waals surface area contributed by atoms with E-state index in [-0.39, 0.29) is 21.3 Å². The summed E-state index contributed by atoms with van der Waals surface area (Å²) >= 11 is 12.0. The van der Waals surface area contributed by atoms with Crippen molar-refractivity contribution in [2.75, 3.05) is 4.90 Å². The van der Waals surface area contributed by atoms with E-state index in [2.05, 4.69) is 5.32 Å². The molecule has 0 aliphatic carbocycles. The fourth-order valence-electron chi connectivity index (χ4n) is 3.14. The fourth-order valence-corrected chi connectivity index (χ4v) is 3.43. The van der Waals surface area contributed by atoms with E-state index in [1.54, 1.807) is 24.3 Å². The van der Waals surface area contributed by atoms with Crippen molar-refractivity contribution >= 4 is 52.8 Å². The van der Waals surface area contributed by atoms with E-state index in [0.717, 1.165) is 10.5 Å². The average molecular weight is 467 g/mol. The molecule has 160 valence electrons. The lowest BCUT2D eigenvalue weighted by atomic mass is 10.1. The highest BCUT2D eigenvalue weighted by Crippen LogP contribution is 2.30. The van der Waals surface area contributed by atoms with Gasteiger partial charge in [0.2, 0.25) is 0 Å². The smallest absolute Gasteiger partial charge is 0.335 e. The Bertz CT molecular complexity index is 1240. The number of para-hydroxylation sites is 1. The van der Waals surface area contributed by atoms with Gasteiger partial charge in [0, 0.05) is 5.56 Å². The first kappa shape index (κ1) is 21.6. The van der Waals surface area contributed by atoms with Crippen molar-refractivity contribution < 1.29 is 19.1 Å². The Morgan fingerprint density at radius 1 is 0.875 bits per heavy atom. The number of hydrogen-bond donors (Lipinski definition) is 1. The van der Waals surface area contributed by atoms with Crippen LogP contribution in [0.4, 0.5) is 10.5 Å². The van der Waals surface area contributed by atoms with Gasteiger partial charge in [-0.05, 0) is 35.9 Å². The molecule has 6 nitrogen and oxygen atoms in total. The molecule has 4 amide bonds. The number of barbiturate groups is 1.